The van der Waals surface area contributed by atoms with E-state index in [4.69, 9.17) is 16.3 Å². The zero-order valence-corrected chi connectivity index (χ0v) is 11.6. The molecule has 1 aromatic carbocycles. The largest absolute Gasteiger partial charge is 0.461 e. The average Bonchev–Trinajstić information content (AvgIpc) is 2.33. The van der Waals surface area contributed by atoms with Crippen LogP contribution in [0.3, 0.4) is 0 Å². The van der Waals surface area contributed by atoms with Crippen molar-refractivity contribution >= 4 is 29.7 Å². The van der Waals surface area contributed by atoms with Gasteiger partial charge in [0.05, 0.1) is 11.1 Å². The molecule has 0 radical (unpaired) electrons. The summed E-state index contributed by atoms with van der Waals surface area (Å²) in [6.07, 6.45) is 0.204. The molecule has 0 bridgehead atoms. The summed E-state index contributed by atoms with van der Waals surface area (Å²) in [4.78, 5) is 24.0. The minimum absolute atomic E-state index is 0.117. The summed E-state index contributed by atoms with van der Waals surface area (Å²) in [5.41, 5.74) is 0.328. The Kier molecular flexibility index (Phi) is 5.30. The van der Waals surface area contributed by atoms with Gasteiger partial charge in [-0.25, -0.2) is 9.18 Å². The second-order valence-electron chi connectivity index (χ2n) is 4.27. The first-order chi connectivity index (χ1) is 8.86. The van der Waals surface area contributed by atoms with E-state index in [1.54, 1.807) is 13.8 Å². The van der Waals surface area contributed by atoms with Gasteiger partial charge < -0.3 is 9.64 Å². The van der Waals surface area contributed by atoms with E-state index in [2.05, 4.69) is 0 Å². The van der Waals surface area contributed by atoms with E-state index in [-0.39, 0.29) is 11.1 Å². The molecule has 104 valence electrons. The first-order valence-corrected chi connectivity index (χ1v) is 6.13. The van der Waals surface area contributed by atoms with Crippen molar-refractivity contribution in [3.05, 3.63) is 29.0 Å². The van der Waals surface area contributed by atoms with Crippen LogP contribution in [0.5, 0.6) is 0 Å². The van der Waals surface area contributed by atoms with Gasteiger partial charge in [-0.2, -0.15) is 0 Å². The molecular weight excluding hydrogens is 273 g/mol. The van der Waals surface area contributed by atoms with E-state index in [0.29, 0.717) is 12.1 Å². The predicted molar refractivity (Wildman–Crippen MR) is 70.6 cm³/mol. The summed E-state index contributed by atoms with van der Waals surface area (Å²) in [5.74, 6) is -1.13. The lowest BCUT2D eigenvalue weighted by Crippen LogP contribution is -2.40. The smallest absolute Gasteiger partial charge is 0.329 e. The molecular formula is C13H15ClFNO3. The highest BCUT2D eigenvalue weighted by molar-refractivity contribution is 6.31. The number of rotatable bonds is 5. The van der Waals surface area contributed by atoms with Gasteiger partial charge in [-0.15, -0.1) is 0 Å². The van der Waals surface area contributed by atoms with Gasteiger partial charge in [0.1, 0.15) is 11.9 Å². The number of ether oxygens (including phenoxy) is 1. The minimum Gasteiger partial charge on any atom is -0.461 e. The van der Waals surface area contributed by atoms with E-state index < -0.39 is 17.8 Å². The summed E-state index contributed by atoms with van der Waals surface area (Å²) < 4.78 is 18.1. The maximum atomic E-state index is 13.1. The number of anilines is 1. The quantitative estimate of drug-likeness (QED) is 0.618. The number of hydrogen-bond acceptors (Lipinski definition) is 3. The van der Waals surface area contributed by atoms with E-state index >= 15 is 0 Å². The van der Waals surface area contributed by atoms with Gasteiger partial charge in [0, 0.05) is 5.69 Å². The van der Waals surface area contributed by atoms with E-state index in [1.807, 2.05) is 0 Å². The molecule has 0 unspecified atom stereocenters. The molecule has 0 aliphatic carbocycles. The number of halogens is 2. The van der Waals surface area contributed by atoms with Crippen LogP contribution < -0.4 is 4.90 Å². The Morgan fingerprint density at radius 2 is 2.05 bits per heavy atom. The number of nitrogens with zero attached hydrogens (tertiary/aromatic N) is 1. The molecule has 0 aromatic heterocycles. The third-order valence-electron chi connectivity index (χ3n) is 2.43. The zero-order chi connectivity index (χ0) is 14.6. The summed E-state index contributed by atoms with van der Waals surface area (Å²) in [7, 11) is 0. The van der Waals surface area contributed by atoms with Gasteiger partial charge >= 0.3 is 5.97 Å². The van der Waals surface area contributed by atoms with Gasteiger partial charge in [0.2, 0.25) is 6.41 Å². The number of carbonyl (C=O) groups is 2. The molecule has 0 spiro atoms. The van der Waals surface area contributed by atoms with Crippen molar-refractivity contribution < 1.29 is 18.7 Å². The third-order valence-corrected chi connectivity index (χ3v) is 2.71. The Morgan fingerprint density at radius 1 is 1.42 bits per heavy atom. The first-order valence-electron chi connectivity index (χ1n) is 5.76. The van der Waals surface area contributed by atoms with Gasteiger partial charge in [-0.05, 0) is 39.0 Å². The van der Waals surface area contributed by atoms with Crippen LogP contribution in [-0.2, 0) is 14.3 Å². The van der Waals surface area contributed by atoms with E-state index in [1.165, 1.54) is 19.1 Å². The van der Waals surface area contributed by atoms with Crippen LogP contribution in [0.1, 0.15) is 20.8 Å². The van der Waals surface area contributed by atoms with Gasteiger partial charge in [0.15, 0.2) is 0 Å². The molecule has 0 aliphatic heterocycles. The van der Waals surface area contributed by atoms with Crippen molar-refractivity contribution in [2.75, 3.05) is 4.90 Å². The van der Waals surface area contributed by atoms with Crippen molar-refractivity contribution in [2.24, 2.45) is 0 Å². The monoisotopic (exact) mass is 287 g/mol. The number of benzene rings is 1. The molecule has 0 fully saturated rings. The van der Waals surface area contributed by atoms with Crippen LogP contribution >= 0.6 is 11.6 Å². The zero-order valence-electron chi connectivity index (χ0n) is 10.9. The maximum Gasteiger partial charge on any atom is 0.329 e. The van der Waals surface area contributed by atoms with Crippen LogP contribution in [0.4, 0.5) is 10.1 Å². The van der Waals surface area contributed by atoms with Crippen LogP contribution in [0.2, 0.25) is 5.02 Å². The SMILES string of the molecule is CC(C)OC(=O)[C@H](C)N(C=O)c1ccc(F)c(Cl)c1. The Hall–Kier alpha value is -1.62. The third kappa shape index (κ3) is 3.92. The van der Waals surface area contributed by atoms with Crippen LogP contribution in [0.25, 0.3) is 0 Å². The van der Waals surface area contributed by atoms with Crippen molar-refractivity contribution in [1.82, 2.24) is 0 Å². The van der Waals surface area contributed by atoms with Crippen LogP contribution in [0.15, 0.2) is 18.2 Å². The molecule has 1 amide bonds. The lowest BCUT2D eigenvalue weighted by Gasteiger charge is -2.24. The van der Waals surface area contributed by atoms with E-state index in [9.17, 15) is 14.0 Å². The molecule has 4 nitrogen and oxygen atoms in total. The minimum atomic E-state index is -0.818. The fraction of sp³-hybridized carbons (Fsp3) is 0.385. The lowest BCUT2D eigenvalue weighted by atomic mass is 10.2. The Morgan fingerprint density at radius 3 is 2.53 bits per heavy atom. The molecule has 6 heteroatoms. The van der Waals surface area contributed by atoms with Gasteiger partial charge in [-0.1, -0.05) is 11.6 Å². The number of amides is 1. The second-order valence-corrected chi connectivity index (χ2v) is 4.68. The van der Waals surface area contributed by atoms with Crippen LogP contribution in [-0.4, -0.2) is 24.5 Å². The summed E-state index contributed by atoms with van der Waals surface area (Å²) >= 11 is 5.65. The van der Waals surface area contributed by atoms with Crippen molar-refractivity contribution in [3.8, 4) is 0 Å². The molecule has 0 N–H and O–H groups in total. The summed E-state index contributed by atoms with van der Waals surface area (Å²) in [5, 5.41) is -0.117. The fourth-order valence-electron chi connectivity index (χ4n) is 1.47. The summed E-state index contributed by atoms with van der Waals surface area (Å²) in [6, 6.07) is 2.97. The van der Waals surface area contributed by atoms with Crippen LogP contribution in [0, 0.1) is 5.82 Å². The molecule has 0 saturated heterocycles. The highest BCUT2D eigenvalue weighted by Gasteiger charge is 2.24. The predicted octanol–water partition coefficient (Wildman–Crippen LogP) is 2.78. The molecule has 1 atom stereocenters. The van der Waals surface area contributed by atoms with Crippen molar-refractivity contribution in [3.63, 3.8) is 0 Å². The summed E-state index contributed by atoms with van der Waals surface area (Å²) in [6.45, 7) is 4.95. The Labute approximate surface area is 116 Å². The number of carbonyl (C=O) groups excluding carboxylic acids is 2. The molecule has 1 rings (SSSR count). The molecule has 0 aliphatic rings. The van der Waals surface area contributed by atoms with Gasteiger partial charge in [0.25, 0.3) is 0 Å². The molecule has 19 heavy (non-hydrogen) atoms. The van der Waals surface area contributed by atoms with Gasteiger partial charge in [-0.3, -0.25) is 4.79 Å². The Bertz CT molecular complexity index is 479. The average molecular weight is 288 g/mol. The van der Waals surface area contributed by atoms with Crippen molar-refractivity contribution in [2.45, 2.75) is 32.9 Å². The maximum absolute atomic E-state index is 13.1. The second kappa shape index (κ2) is 6.52. The fourth-order valence-corrected chi connectivity index (χ4v) is 1.64. The topological polar surface area (TPSA) is 46.6 Å². The standard InChI is InChI=1S/C13H15ClFNO3/c1-8(2)19-13(18)9(3)16(7-17)10-4-5-12(15)11(14)6-10/h4-9H,1-3H3/t9-/m0/s1. The highest BCUT2D eigenvalue weighted by Crippen LogP contribution is 2.23. The highest BCUT2D eigenvalue weighted by atomic mass is 35.5. The molecule has 1 aromatic rings. The normalized spacial score (nSPS) is 12.1. The first kappa shape index (κ1) is 15.4. The van der Waals surface area contributed by atoms with Crippen molar-refractivity contribution in [1.29, 1.82) is 0 Å². The number of esters is 1. The molecule has 0 saturated carbocycles. The molecule has 0 heterocycles. The number of hydrogen-bond donors (Lipinski definition) is 0. The Balaban J connectivity index is 2.96. The van der Waals surface area contributed by atoms with E-state index in [0.717, 1.165) is 11.0 Å². The lowest BCUT2D eigenvalue weighted by molar-refractivity contribution is -0.149.